The molecule has 0 unspecified atom stereocenters. The number of benzene rings is 1. The van der Waals surface area contributed by atoms with Gasteiger partial charge in [-0.3, -0.25) is 13.9 Å². The number of carbonyl (C=O) groups excluding carboxylic acids is 2. The molecule has 0 radical (unpaired) electrons. The van der Waals surface area contributed by atoms with E-state index in [1.165, 1.54) is 15.6 Å². The van der Waals surface area contributed by atoms with E-state index in [0.29, 0.717) is 23.5 Å². The number of amides is 2. The van der Waals surface area contributed by atoms with Gasteiger partial charge in [0.05, 0.1) is 26.6 Å². The minimum atomic E-state index is -3.51. The van der Waals surface area contributed by atoms with Crippen LogP contribution in [0.25, 0.3) is 0 Å². The molecule has 7 nitrogen and oxygen atoms in total. The molecule has 2 aromatic rings. The number of carbonyl (C=O) groups is 2. The molecule has 1 aliphatic heterocycles. The van der Waals surface area contributed by atoms with Crippen molar-refractivity contribution >= 4 is 54.8 Å². The first-order valence-electron chi connectivity index (χ1n) is 8.25. The Labute approximate surface area is 169 Å². The number of para-hydroxylation sites is 1. The molecule has 144 valence electrons. The number of thiophene rings is 1. The number of nitrogens with one attached hydrogen (secondary N) is 2. The fourth-order valence-electron chi connectivity index (χ4n) is 2.77. The zero-order valence-corrected chi connectivity index (χ0v) is 17.5. The van der Waals surface area contributed by atoms with Crippen molar-refractivity contribution in [3.63, 3.8) is 0 Å². The van der Waals surface area contributed by atoms with Crippen LogP contribution in [0.4, 0.5) is 5.69 Å². The van der Waals surface area contributed by atoms with E-state index >= 15 is 0 Å². The Hall–Kier alpha value is -1.91. The zero-order valence-electron chi connectivity index (χ0n) is 14.3. The maximum atomic E-state index is 12.5. The summed E-state index contributed by atoms with van der Waals surface area (Å²) in [6, 6.07) is 10.8. The molecule has 1 aromatic heterocycles. The van der Waals surface area contributed by atoms with Gasteiger partial charge in [0.2, 0.25) is 15.9 Å². The average molecular weight is 472 g/mol. The second kappa shape index (κ2) is 8.41. The lowest BCUT2D eigenvalue weighted by Crippen LogP contribution is -2.40. The van der Waals surface area contributed by atoms with Crippen LogP contribution in [0.2, 0.25) is 0 Å². The first-order valence-corrected chi connectivity index (χ1v) is 11.5. The summed E-state index contributed by atoms with van der Waals surface area (Å²) < 4.78 is 27.3. The highest BCUT2D eigenvalue weighted by atomic mass is 79.9. The first kappa shape index (κ1) is 19.8. The molecule has 0 spiro atoms. The Morgan fingerprint density at radius 1 is 1.15 bits per heavy atom. The number of halogens is 1. The molecule has 10 heteroatoms. The van der Waals surface area contributed by atoms with Gasteiger partial charge in [-0.1, -0.05) is 18.2 Å². The molecule has 1 aliphatic rings. The molecule has 2 heterocycles. The summed E-state index contributed by atoms with van der Waals surface area (Å²) in [6.07, 6.45) is 0.687. The van der Waals surface area contributed by atoms with Crippen molar-refractivity contribution in [2.75, 3.05) is 29.7 Å². The van der Waals surface area contributed by atoms with E-state index in [1.807, 2.05) is 18.2 Å². The Morgan fingerprint density at radius 3 is 2.67 bits per heavy atom. The number of rotatable bonds is 7. The molecule has 0 saturated heterocycles. The molecule has 0 aliphatic carbocycles. The van der Waals surface area contributed by atoms with Crippen LogP contribution in [0.15, 0.2) is 40.2 Å². The number of anilines is 1. The predicted molar refractivity (Wildman–Crippen MR) is 109 cm³/mol. The van der Waals surface area contributed by atoms with Gasteiger partial charge in [-0.2, -0.15) is 0 Å². The van der Waals surface area contributed by atoms with Crippen molar-refractivity contribution < 1.29 is 18.0 Å². The maximum absolute atomic E-state index is 12.5. The fraction of sp³-hybridized carbons (Fsp3) is 0.294. The number of nitrogens with zero attached hydrogens (tertiary/aromatic N) is 1. The predicted octanol–water partition coefficient (Wildman–Crippen LogP) is 1.75. The minimum Gasteiger partial charge on any atom is -0.353 e. The highest BCUT2D eigenvalue weighted by Crippen LogP contribution is 2.29. The fourth-order valence-corrected chi connectivity index (χ4v) is 5.50. The van der Waals surface area contributed by atoms with Crippen LogP contribution >= 0.6 is 27.3 Å². The highest BCUT2D eigenvalue weighted by Gasteiger charge is 2.28. The van der Waals surface area contributed by atoms with Crippen molar-refractivity contribution in [2.24, 2.45) is 0 Å². The third-order valence-electron chi connectivity index (χ3n) is 4.07. The standard InChI is InChI=1S/C17H18BrN3O4S2/c18-15-6-5-14(26-15)17(23)20-11-16(22)19-8-10-27(24,25)21-9-7-12-3-1-2-4-13(12)21/h1-6H,7-11H2,(H,19,22)(H,20,23). The van der Waals surface area contributed by atoms with Gasteiger partial charge < -0.3 is 10.6 Å². The Kier molecular flexibility index (Phi) is 6.18. The van der Waals surface area contributed by atoms with Gasteiger partial charge in [-0.05, 0) is 46.1 Å². The Balaban J connectivity index is 1.45. The van der Waals surface area contributed by atoms with Gasteiger partial charge in [-0.25, -0.2) is 8.42 Å². The molecule has 1 aromatic carbocycles. The van der Waals surface area contributed by atoms with E-state index in [2.05, 4.69) is 26.6 Å². The smallest absolute Gasteiger partial charge is 0.261 e. The summed E-state index contributed by atoms with van der Waals surface area (Å²) in [6.45, 7) is 0.198. The third kappa shape index (κ3) is 4.88. The monoisotopic (exact) mass is 471 g/mol. The molecule has 2 amide bonds. The second-order valence-corrected chi connectivity index (χ2v) is 10.4. The molecule has 27 heavy (non-hydrogen) atoms. The Morgan fingerprint density at radius 2 is 1.93 bits per heavy atom. The van der Waals surface area contributed by atoms with Gasteiger partial charge in [0.1, 0.15) is 0 Å². The van der Waals surface area contributed by atoms with Gasteiger partial charge >= 0.3 is 0 Å². The van der Waals surface area contributed by atoms with Crippen LogP contribution in [0, 0.1) is 0 Å². The summed E-state index contributed by atoms with van der Waals surface area (Å²) in [5, 5.41) is 5.04. The minimum absolute atomic E-state index is 0.0136. The second-order valence-electron chi connectivity index (χ2n) is 5.90. The lowest BCUT2D eigenvalue weighted by molar-refractivity contribution is -0.120. The van der Waals surface area contributed by atoms with Crippen molar-refractivity contribution in [3.05, 3.63) is 50.6 Å². The van der Waals surface area contributed by atoms with Crippen LogP contribution in [0.1, 0.15) is 15.2 Å². The molecule has 2 N–H and O–H groups in total. The summed E-state index contributed by atoms with van der Waals surface area (Å²) in [4.78, 5) is 24.2. The van der Waals surface area contributed by atoms with Crippen LogP contribution in [-0.4, -0.2) is 45.6 Å². The molecular formula is C17H18BrN3O4S2. The number of hydrogen-bond donors (Lipinski definition) is 2. The molecule has 3 rings (SSSR count). The molecule has 0 fully saturated rings. The van der Waals surface area contributed by atoms with E-state index in [1.54, 1.807) is 18.2 Å². The van der Waals surface area contributed by atoms with E-state index in [9.17, 15) is 18.0 Å². The third-order valence-corrected chi connectivity index (χ3v) is 7.46. The zero-order chi connectivity index (χ0) is 19.4. The van der Waals surface area contributed by atoms with Crippen LogP contribution in [0.3, 0.4) is 0 Å². The van der Waals surface area contributed by atoms with Crippen LogP contribution < -0.4 is 14.9 Å². The van der Waals surface area contributed by atoms with Crippen molar-refractivity contribution in [2.45, 2.75) is 6.42 Å². The van der Waals surface area contributed by atoms with E-state index < -0.39 is 15.9 Å². The first-order chi connectivity index (χ1) is 12.9. The Bertz CT molecular complexity index is 959. The van der Waals surface area contributed by atoms with Crippen molar-refractivity contribution in [1.82, 2.24) is 10.6 Å². The molecule has 0 saturated carbocycles. The summed E-state index contributed by atoms with van der Waals surface area (Å²) >= 11 is 4.53. The van der Waals surface area contributed by atoms with E-state index in [0.717, 1.165) is 9.35 Å². The van der Waals surface area contributed by atoms with Gasteiger partial charge in [0.25, 0.3) is 5.91 Å². The summed E-state index contributed by atoms with van der Waals surface area (Å²) in [5.74, 6) is -0.975. The van der Waals surface area contributed by atoms with E-state index in [-0.39, 0.29) is 24.7 Å². The normalized spacial score (nSPS) is 13.3. The van der Waals surface area contributed by atoms with Crippen LogP contribution in [-0.2, 0) is 21.2 Å². The SMILES string of the molecule is O=C(CNC(=O)c1ccc(Br)s1)NCCS(=O)(=O)N1CCc2ccccc21. The summed E-state index contributed by atoms with van der Waals surface area (Å²) in [5.41, 5.74) is 1.71. The average Bonchev–Trinajstić information content (AvgIpc) is 3.26. The molecule has 0 atom stereocenters. The number of hydrogen-bond acceptors (Lipinski definition) is 5. The topological polar surface area (TPSA) is 95.6 Å². The van der Waals surface area contributed by atoms with Gasteiger partial charge in [0, 0.05) is 13.1 Å². The lowest BCUT2D eigenvalue weighted by Gasteiger charge is -2.19. The lowest BCUT2D eigenvalue weighted by atomic mass is 10.2. The van der Waals surface area contributed by atoms with Gasteiger partial charge in [0.15, 0.2) is 0 Å². The van der Waals surface area contributed by atoms with Crippen LogP contribution in [0.5, 0.6) is 0 Å². The number of fused-ring (bicyclic) bond motifs is 1. The van der Waals surface area contributed by atoms with Gasteiger partial charge in [-0.15, -0.1) is 11.3 Å². The maximum Gasteiger partial charge on any atom is 0.261 e. The quantitative estimate of drug-likeness (QED) is 0.642. The van der Waals surface area contributed by atoms with E-state index in [4.69, 9.17) is 0 Å². The molecule has 0 bridgehead atoms. The number of sulfonamides is 1. The van der Waals surface area contributed by atoms with Crippen molar-refractivity contribution in [3.8, 4) is 0 Å². The highest BCUT2D eigenvalue weighted by molar-refractivity contribution is 9.11. The largest absolute Gasteiger partial charge is 0.353 e. The summed E-state index contributed by atoms with van der Waals surface area (Å²) in [7, 11) is -3.51. The van der Waals surface area contributed by atoms with Crippen molar-refractivity contribution in [1.29, 1.82) is 0 Å². The molecular weight excluding hydrogens is 454 g/mol.